The summed E-state index contributed by atoms with van der Waals surface area (Å²) in [6.07, 6.45) is 1.95. The van der Waals surface area contributed by atoms with Crippen molar-refractivity contribution in [1.82, 2.24) is 14.9 Å². The smallest absolute Gasteiger partial charge is 0.223 e. The van der Waals surface area contributed by atoms with Crippen LogP contribution in [0.15, 0.2) is 24.3 Å². The van der Waals surface area contributed by atoms with E-state index < -0.39 is 0 Å². The minimum Gasteiger partial charge on any atom is -0.497 e. The summed E-state index contributed by atoms with van der Waals surface area (Å²) in [5.41, 5.74) is 3.26. The molecule has 0 N–H and O–H groups in total. The van der Waals surface area contributed by atoms with Crippen LogP contribution in [0.3, 0.4) is 0 Å². The van der Waals surface area contributed by atoms with Crippen LogP contribution < -0.4 is 9.64 Å². The highest BCUT2D eigenvalue weighted by molar-refractivity contribution is 5.77. The number of methoxy groups -OCH3 is 1. The first-order valence-electron chi connectivity index (χ1n) is 11.4. The number of aromatic nitrogens is 2. The molecule has 7 heteroatoms. The molecule has 0 bridgehead atoms. The van der Waals surface area contributed by atoms with E-state index >= 15 is 0 Å². The van der Waals surface area contributed by atoms with E-state index in [0.717, 1.165) is 53.7 Å². The second-order valence-electron chi connectivity index (χ2n) is 9.82. The summed E-state index contributed by atoms with van der Waals surface area (Å²) < 4.78 is 10.9. The van der Waals surface area contributed by atoms with Gasteiger partial charge in [0.1, 0.15) is 17.4 Å². The highest BCUT2D eigenvalue weighted by Gasteiger charge is 2.29. The largest absolute Gasteiger partial charge is 0.497 e. The van der Waals surface area contributed by atoms with Crippen molar-refractivity contribution in [3.63, 3.8) is 0 Å². The number of morpholine rings is 1. The monoisotopic (exact) mass is 438 g/mol. The Bertz CT molecular complexity index is 964. The lowest BCUT2D eigenvalue weighted by Gasteiger charge is -2.35. The van der Waals surface area contributed by atoms with Crippen LogP contribution in [0.2, 0.25) is 0 Å². The van der Waals surface area contributed by atoms with Gasteiger partial charge in [0.2, 0.25) is 5.91 Å². The molecule has 1 aromatic carbocycles. The van der Waals surface area contributed by atoms with Gasteiger partial charge in [0.15, 0.2) is 0 Å². The molecule has 2 aliphatic rings. The van der Waals surface area contributed by atoms with E-state index in [2.05, 4.69) is 31.7 Å². The van der Waals surface area contributed by atoms with Gasteiger partial charge in [0.25, 0.3) is 0 Å². The second kappa shape index (κ2) is 9.45. The van der Waals surface area contributed by atoms with Crippen molar-refractivity contribution in [2.24, 2.45) is 5.41 Å². The quantitative estimate of drug-likeness (QED) is 0.714. The Morgan fingerprint density at radius 1 is 1.16 bits per heavy atom. The molecule has 1 saturated heterocycles. The van der Waals surface area contributed by atoms with Crippen molar-refractivity contribution in [3.05, 3.63) is 46.9 Å². The predicted octanol–water partition coefficient (Wildman–Crippen LogP) is 3.23. The van der Waals surface area contributed by atoms with Crippen LogP contribution in [0.4, 0.5) is 5.82 Å². The van der Waals surface area contributed by atoms with Crippen molar-refractivity contribution < 1.29 is 14.3 Å². The zero-order valence-electron chi connectivity index (χ0n) is 19.7. The maximum Gasteiger partial charge on any atom is 0.223 e. The Morgan fingerprint density at radius 2 is 1.94 bits per heavy atom. The summed E-state index contributed by atoms with van der Waals surface area (Å²) >= 11 is 0. The number of carbonyl (C=O) groups excluding carboxylic acids is 1. The number of hydrogen-bond donors (Lipinski definition) is 0. The summed E-state index contributed by atoms with van der Waals surface area (Å²) in [6, 6.07) is 8.05. The molecule has 4 rings (SSSR count). The molecule has 3 heterocycles. The molecule has 0 spiro atoms. The van der Waals surface area contributed by atoms with Gasteiger partial charge in [0.05, 0.1) is 32.6 Å². The molecule has 0 saturated carbocycles. The molecule has 2 aliphatic heterocycles. The number of carbonyl (C=O) groups is 1. The lowest BCUT2D eigenvalue weighted by molar-refractivity contribution is -0.134. The van der Waals surface area contributed by atoms with E-state index in [0.29, 0.717) is 39.1 Å². The first kappa shape index (κ1) is 22.5. The number of hydrogen-bond acceptors (Lipinski definition) is 6. The molecule has 1 amide bonds. The van der Waals surface area contributed by atoms with Gasteiger partial charge in [0, 0.05) is 44.5 Å². The van der Waals surface area contributed by atoms with Gasteiger partial charge in [-0.2, -0.15) is 0 Å². The third kappa shape index (κ3) is 5.38. The fraction of sp³-hybridized carbons (Fsp3) is 0.560. The molecule has 0 radical (unpaired) electrons. The van der Waals surface area contributed by atoms with Gasteiger partial charge < -0.3 is 19.3 Å². The summed E-state index contributed by atoms with van der Waals surface area (Å²) in [5.74, 6) is 2.82. The van der Waals surface area contributed by atoms with E-state index in [-0.39, 0.29) is 11.3 Å². The number of fused-ring (bicyclic) bond motifs is 1. The second-order valence-corrected chi connectivity index (χ2v) is 9.82. The normalized spacial score (nSPS) is 16.6. The molecular formula is C25H34N4O3. The maximum atomic E-state index is 12.9. The molecule has 172 valence electrons. The molecule has 0 atom stereocenters. The SMILES string of the molecule is COc1cccc(Cc2nc3c(c(N4CCOCC4)n2)CN(C(=O)CC(C)(C)C)CC3)c1. The summed E-state index contributed by atoms with van der Waals surface area (Å²) in [7, 11) is 1.68. The van der Waals surface area contributed by atoms with Gasteiger partial charge in [-0.3, -0.25) is 4.79 Å². The zero-order chi connectivity index (χ0) is 22.7. The standard InChI is InChI=1S/C25H34N4O3/c1-25(2,3)16-23(30)29-9-8-21-20(17-29)24(28-10-12-32-13-11-28)27-22(26-21)15-18-6-5-7-19(14-18)31-4/h5-7,14H,8-13,15-17H2,1-4H3. The zero-order valence-corrected chi connectivity index (χ0v) is 19.7. The first-order chi connectivity index (χ1) is 15.3. The average Bonchev–Trinajstić information content (AvgIpc) is 2.78. The Labute approximate surface area is 190 Å². The lowest BCUT2D eigenvalue weighted by atomic mass is 9.91. The van der Waals surface area contributed by atoms with E-state index in [9.17, 15) is 4.79 Å². The van der Waals surface area contributed by atoms with Crippen LogP contribution in [0.1, 0.15) is 49.8 Å². The maximum absolute atomic E-state index is 12.9. The summed E-state index contributed by atoms with van der Waals surface area (Å²) in [5, 5.41) is 0. The van der Waals surface area contributed by atoms with Crippen LogP contribution in [-0.2, 0) is 28.9 Å². The number of rotatable bonds is 5. The first-order valence-corrected chi connectivity index (χ1v) is 11.4. The third-order valence-electron chi connectivity index (χ3n) is 5.93. The Kier molecular flexibility index (Phi) is 6.65. The minimum absolute atomic E-state index is 0.0263. The molecule has 2 aromatic rings. The summed E-state index contributed by atoms with van der Waals surface area (Å²) in [6.45, 7) is 10.6. The lowest BCUT2D eigenvalue weighted by Crippen LogP contribution is -2.42. The highest BCUT2D eigenvalue weighted by Crippen LogP contribution is 2.30. The topological polar surface area (TPSA) is 67.8 Å². The van der Waals surface area contributed by atoms with Crippen LogP contribution in [-0.4, -0.2) is 60.7 Å². The number of benzene rings is 1. The van der Waals surface area contributed by atoms with Crippen LogP contribution in [0.5, 0.6) is 5.75 Å². The number of nitrogens with zero attached hydrogens (tertiary/aromatic N) is 4. The minimum atomic E-state index is -0.0263. The molecule has 7 nitrogen and oxygen atoms in total. The van der Waals surface area contributed by atoms with Gasteiger partial charge in [-0.25, -0.2) is 9.97 Å². The molecule has 32 heavy (non-hydrogen) atoms. The fourth-order valence-corrected chi connectivity index (χ4v) is 4.31. The summed E-state index contributed by atoms with van der Waals surface area (Å²) in [4.78, 5) is 27.1. The van der Waals surface area contributed by atoms with Crippen LogP contribution >= 0.6 is 0 Å². The van der Waals surface area contributed by atoms with Crippen LogP contribution in [0, 0.1) is 5.41 Å². The van der Waals surface area contributed by atoms with Crippen molar-refractivity contribution in [3.8, 4) is 5.75 Å². The van der Waals surface area contributed by atoms with Gasteiger partial charge in [-0.05, 0) is 23.1 Å². The molecular weight excluding hydrogens is 404 g/mol. The van der Waals surface area contributed by atoms with Crippen LogP contribution in [0.25, 0.3) is 0 Å². The van der Waals surface area contributed by atoms with Gasteiger partial charge in [-0.15, -0.1) is 0 Å². The molecule has 0 aliphatic carbocycles. The molecule has 1 fully saturated rings. The van der Waals surface area contributed by atoms with Crippen molar-refractivity contribution in [2.45, 2.75) is 46.6 Å². The number of ether oxygens (including phenoxy) is 2. The number of amides is 1. The molecule has 0 unspecified atom stereocenters. The Hall–Kier alpha value is -2.67. The average molecular weight is 439 g/mol. The van der Waals surface area contributed by atoms with Crippen molar-refractivity contribution in [1.29, 1.82) is 0 Å². The Balaban J connectivity index is 1.64. The van der Waals surface area contributed by atoms with Crippen molar-refractivity contribution in [2.75, 3.05) is 44.9 Å². The Morgan fingerprint density at radius 3 is 2.66 bits per heavy atom. The van der Waals surface area contributed by atoms with E-state index in [1.165, 1.54) is 0 Å². The predicted molar refractivity (Wildman–Crippen MR) is 124 cm³/mol. The fourth-order valence-electron chi connectivity index (χ4n) is 4.31. The molecule has 1 aromatic heterocycles. The number of anilines is 1. The van der Waals surface area contributed by atoms with E-state index in [1.54, 1.807) is 7.11 Å². The van der Waals surface area contributed by atoms with E-state index in [4.69, 9.17) is 19.4 Å². The van der Waals surface area contributed by atoms with Gasteiger partial charge in [-0.1, -0.05) is 32.9 Å². The van der Waals surface area contributed by atoms with Crippen molar-refractivity contribution >= 4 is 11.7 Å². The van der Waals surface area contributed by atoms with Gasteiger partial charge >= 0.3 is 0 Å². The van der Waals surface area contributed by atoms with E-state index in [1.807, 2.05) is 23.1 Å². The highest BCUT2D eigenvalue weighted by atomic mass is 16.5. The third-order valence-corrected chi connectivity index (χ3v) is 5.93.